The molecule has 0 aromatic heterocycles. The van der Waals surface area contributed by atoms with Crippen LogP contribution in [0.5, 0.6) is 17.2 Å². The van der Waals surface area contributed by atoms with Crippen LogP contribution in [0.15, 0.2) is 42.5 Å². The monoisotopic (exact) mass is 829 g/mol. The molecule has 1 fully saturated rings. The Balaban J connectivity index is 1.84. The second-order valence-corrected chi connectivity index (χ2v) is 28.7. The van der Waals surface area contributed by atoms with Crippen molar-refractivity contribution in [3.05, 3.63) is 53.6 Å². The van der Waals surface area contributed by atoms with E-state index in [1.165, 1.54) is 0 Å². The van der Waals surface area contributed by atoms with Gasteiger partial charge in [0.1, 0.15) is 48.3 Å². The standard InChI is InChI=1S/C46H76O9Si2/c1-14-15-16-17-18-19-42(47)51-29-41-43(48)44(49)45(50)46(53-41)52-38-24-22-36(23-25-38)20-21-37-26-39(54-56(30(2)3,31(4)5)32(6)7)28-40(27-37)55-57(33(8)9,34(10)11)35(12)13/h20-28,30-35,41,43-46,48-50H,14-19,29H2,1-13H3/b21-20+/t41-,43-,44+,45-,46-/m0/s1. The number of ether oxygens (including phenoxy) is 3. The molecule has 1 aliphatic rings. The third-order valence-electron chi connectivity index (χ3n) is 12.1. The summed E-state index contributed by atoms with van der Waals surface area (Å²) in [5.41, 5.74) is 4.42. The first-order valence-electron chi connectivity index (χ1n) is 21.6. The van der Waals surface area contributed by atoms with Crippen LogP contribution in [-0.4, -0.2) is 75.2 Å². The molecule has 9 nitrogen and oxygen atoms in total. The SMILES string of the molecule is CCCCCCCC(=O)OC[C@@H]1O[C@H](Oc2ccc(/C=C/c3cc(O[Si](C(C)C)(C(C)C)C(C)C)cc(O[Si](C(C)C)(C(C)C)C(C)C)c3)cc2)[C@@H](O)[C@H](O)[C@H]1O. The van der Waals surface area contributed by atoms with E-state index >= 15 is 0 Å². The quantitative estimate of drug-likeness (QED) is 0.0460. The molecule has 0 aliphatic carbocycles. The molecule has 11 heteroatoms. The molecule has 0 radical (unpaired) electrons. The molecular weight excluding hydrogens is 753 g/mol. The number of rotatable bonds is 22. The molecule has 1 heterocycles. The Kier molecular flexibility index (Phi) is 18.9. The van der Waals surface area contributed by atoms with Crippen LogP contribution in [0, 0.1) is 0 Å². The average molecular weight is 829 g/mol. The van der Waals surface area contributed by atoms with E-state index in [9.17, 15) is 20.1 Å². The Bertz CT molecular complexity index is 1440. The molecule has 322 valence electrons. The summed E-state index contributed by atoms with van der Waals surface area (Å²) in [6.45, 7) is 29.5. The van der Waals surface area contributed by atoms with Crippen molar-refractivity contribution in [2.45, 2.75) is 192 Å². The van der Waals surface area contributed by atoms with Crippen LogP contribution in [-0.2, 0) is 14.3 Å². The van der Waals surface area contributed by atoms with Crippen LogP contribution >= 0.6 is 0 Å². The highest BCUT2D eigenvalue weighted by Crippen LogP contribution is 2.46. The maximum atomic E-state index is 12.3. The first kappa shape index (κ1) is 48.7. The molecule has 3 rings (SSSR count). The van der Waals surface area contributed by atoms with Crippen molar-refractivity contribution < 1.29 is 43.2 Å². The Morgan fingerprint density at radius 3 is 1.58 bits per heavy atom. The fraction of sp³-hybridized carbons (Fsp3) is 0.674. The molecular formula is C46H76O9Si2. The summed E-state index contributed by atoms with van der Waals surface area (Å²) in [6.07, 6.45) is 2.56. The average Bonchev–Trinajstić information content (AvgIpc) is 3.14. The molecule has 0 unspecified atom stereocenters. The molecule has 0 spiro atoms. The number of hydrogen-bond donors (Lipinski definition) is 3. The summed E-state index contributed by atoms with van der Waals surface area (Å²) in [5, 5.41) is 31.8. The summed E-state index contributed by atoms with van der Waals surface area (Å²) in [7, 11) is -4.50. The Morgan fingerprint density at radius 2 is 1.11 bits per heavy atom. The Labute approximate surface area is 346 Å². The molecule has 2 aromatic rings. The van der Waals surface area contributed by atoms with Crippen LogP contribution in [0.25, 0.3) is 12.2 Å². The second kappa shape index (κ2) is 22.1. The number of esters is 1. The molecule has 0 bridgehead atoms. The van der Waals surface area contributed by atoms with E-state index in [4.69, 9.17) is 23.1 Å². The third-order valence-corrected chi connectivity index (χ3v) is 24.1. The van der Waals surface area contributed by atoms with Gasteiger partial charge < -0.3 is 38.4 Å². The zero-order valence-electron chi connectivity index (χ0n) is 37.3. The predicted octanol–water partition coefficient (Wildman–Crippen LogP) is 11.1. The molecule has 1 aliphatic heterocycles. The van der Waals surface area contributed by atoms with Crippen molar-refractivity contribution in [2.75, 3.05) is 6.61 Å². The normalized spacial score (nSPS) is 20.8. The lowest BCUT2D eigenvalue weighted by Gasteiger charge is -2.43. The Morgan fingerprint density at radius 1 is 0.632 bits per heavy atom. The topological polar surface area (TPSA) is 124 Å². The van der Waals surface area contributed by atoms with Crippen LogP contribution in [0.1, 0.15) is 140 Å². The number of carbonyl (C=O) groups excluding carboxylic acids is 1. The lowest BCUT2D eigenvalue weighted by Crippen LogP contribution is -2.60. The maximum Gasteiger partial charge on any atom is 0.305 e. The number of hydrogen-bond acceptors (Lipinski definition) is 9. The fourth-order valence-electron chi connectivity index (χ4n) is 9.18. The van der Waals surface area contributed by atoms with Crippen molar-refractivity contribution in [1.82, 2.24) is 0 Å². The van der Waals surface area contributed by atoms with Gasteiger partial charge in [-0.2, -0.15) is 0 Å². The number of aliphatic hydroxyl groups is 3. The maximum absolute atomic E-state index is 12.3. The Hall–Kier alpha value is -2.68. The lowest BCUT2D eigenvalue weighted by atomic mass is 9.99. The van der Waals surface area contributed by atoms with Crippen LogP contribution in [0.3, 0.4) is 0 Å². The first-order valence-corrected chi connectivity index (χ1v) is 25.9. The summed E-state index contributed by atoms with van der Waals surface area (Å²) in [6, 6.07) is 13.7. The highest BCUT2D eigenvalue weighted by molar-refractivity contribution is 6.78. The van der Waals surface area contributed by atoms with Crippen molar-refractivity contribution in [1.29, 1.82) is 0 Å². The van der Waals surface area contributed by atoms with Gasteiger partial charge in [0.25, 0.3) is 16.6 Å². The molecule has 0 saturated carbocycles. The van der Waals surface area contributed by atoms with Gasteiger partial charge in [-0.3, -0.25) is 4.79 Å². The van der Waals surface area contributed by atoms with E-state index < -0.39 is 47.3 Å². The summed E-state index contributed by atoms with van der Waals surface area (Å²) < 4.78 is 31.6. The zero-order valence-corrected chi connectivity index (χ0v) is 39.3. The summed E-state index contributed by atoms with van der Waals surface area (Å²) >= 11 is 0. The molecule has 3 N–H and O–H groups in total. The van der Waals surface area contributed by atoms with Gasteiger partial charge >= 0.3 is 5.97 Å². The minimum atomic E-state index is -2.25. The first-order chi connectivity index (χ1) is 26.8. The van der Waals surface area contributed by atoms with Crippen molar-refractivity contribution >= 4 is 34.8 Å². The predicted molar refractivity (Wildman–Crippen MR) is 237 cm³/mol. The van der Waals surface area contributed by atoms with Gasteiger partial charge in [-0.1, -0.05) is 140 Å². The number of unbranched alkanes of at least 4 members (excludes halogenated alkanes) is 4. The van der Waals surface area contributed by atoms with Gasteiger partial charge in [0, 0.05) is 12.5 Å². The molecule has 2 aromatic carbocycles. The second-order valence-electron chi connectivity index (χ2n) is 18.0. The van der Waals surface area contributed by atoms with Crippen LogP contribution in [0.4, 0.5) is 0 Å². The van der Waals surface area contributed by atoms with E-state index in [2.05, 4.69) is 114 Å². The van der Waals surface area contributed by atoms with Gasteiger partial charge in [0.15, 0.2) is 0 Å². The van der Waals surface area contributed by atoms with Crippen LogP contribution in [0.2, 0.25) is 33.2 Å². The minimum Gasteiger partial charge on any atom is -0.543 e. The number of benzene rings is 2. The van der Waals surface area contributed by atoms with Gasteiger partial charge in [0.2, 0.25) is 6.29 Å². The van der Waals surface area contributed by atoms with E-state index in [-0.39, 0.29) is 19.0 Å². The van der Waals surface area contributed by atoms with E-state index in [1.807, 2.05) is 18.2 Å². The molecule has 57 heavy (non-hydrogen) atoms. The van der Waals surface area contributed by atoms with Crippen molar-refractivity contribution in [3.63, 3.8) is 0 Å². The van der Waals surface area contributed by atoms with Crippen molar-refractivity contribution in [2.24, 2.45) is 0 Å². The van der Waals surface area contributed by atoms with Crippen LogP contribution < -0.4 is 13.6 Å². The molecule has 1 saturated heterocycles. The number of aliphatic hydroxyl groups excluding tert-OH is 3. The lowest BCUT2D eigenvalue weighted by molar-refractivity contribution is -0.278. The largest absolute Gasteiger partial charge is 0.543 e. The van der Waals surface area contributed by atoms with E-state index in [1.54, 1.807) is 12.1 Å². The van der Waals surface area contributed by atoms with E-state index in [0.717, 1.165) is 54.7 Å². The van der Waals surface area contributed by atoms with Gasteiger partial charge in [-0.25, -0.2) is 0 Å². The summed E-state index contributed by atoms with van der Waals surface area (Å²) in [4.78, 5) is 12.3. The van der Waals surface area contributed by atoms with Gasteiger partial charge in [-0.15, -0.1) is 0 Å². The molecule has 5 atom stereocenters. The highest BCUT2D eigenvalue weighted by Gasteiger charge is 2.49. The fourth-order valence-corrected chi connectivity index (χ4v) is 19.6. The highest BCUT2D eigenvalue weighted by atomic mass is 28.4. The van der Waals surface area contributed by atoms with Gasteiger partial charge in [0.05, 0.1) is 0 Å². The third kappa shape index (κ3) is 12.4. The van der Waals surface area contributed by atoms with E-state index in [0.29, 0.717) is 39.0 Å². The smallest absolute Gasteiger partial charge is 0.305 e. The number of carbonyl (C=O) groups is 1. The minimum absolute atomic E-state index is 0.257. The molecule has 0 amide bonds. The van der Waals surface area contributed by atoms with Gasteiger partial charge in [-0.05, 0) is 75.1 Å². The zero-order chi connectivity index (χ0) is 42.7. The van der Waals surface area contributed by atoms with Crippen molar-refractivity contribution in [3.8, 4) is 17.2 Å². The summed E-state index contributed by atoms with van der Waals surface area (Å²) in [5.74, 6) is 1.72.